The first-order valence-corrected chi connectivity index (χ1v) is 6.61. The van der Waals surface area contributed by atoms with Crippen LogP contribution in [-0.4, -0.2) is 30.9 Å². The van der Waals surface area contributed by atoms with E-state index in [4.69, 9.17) is 9.47 Å². The molecular weight excluding hydrogens is 248 g/mol. The van der Waals surface area contributed by atoms with E-state index in [2.05, 4.69) is 0 Å². The van der Waals surface area contributed by atoms with Crippen molar-refractivity contribution < 1.29 is 23.9 Å². The minimum Gasteiger partial charge on any atom is -0.393 e. The summed E-state index contributed by atoms with van der Waals surface area (Å²) in [6, 6.07) is 0. The molecule has 2 aliphatic carbocycles. The van der Waals surface area contributed by atoms with Crippen LogP contribution in [0.5, 0.6) is 0 Å². The second kappa shape index (κ2) is 4.56. The first-order valence-electron chi connectivity index (χ1n) is 6.61. The number of Topliss-reactive ketones (excluding diaryl/α,β-unsaturated/α-hetero) is 1. The maximum atomic E-state index is 11.9. The van der Waals surface area contributed by atoms with Gasteiger partial charge in [-0.3, -0.25) is 14.4 Å². The van der Waals surface area contributed by atoms with Gasteiger partial charge in [0.1, 0.15) is 6.10 Å². The summed E-state index contributed by atoms with van der Waals surface area (Å²) >= 11 is 0. The highest BCUT2D eigenvalue weighted by Gasteiger charge is 2.51. The van der Waals surface area contributed by atoms with Crippen molar-refractivity contribution >= 4 is 17.7 Å². The highest BCUT2D eigenvalue weighted by Crippen LogP contribution is 2.45. The molecule has 1 heterocycles. The maximum Gasteiger partial charge on any atom is 0.318 e. The van der Waals surface area contributed by atoms with E-state index in [0.717, 1.165) is 5.57 Å². The summed E-state index contributed by atoms with van der Waals surface area (Å²) in [6.07, 6.45) is 3.67. The van der Waals surface area contributed by atoms with Gasteiger partial charge in [0.05, 0.1) is 11.8 Å². The van der Waals surface area contributed by atoms with Crippen LogP contribution in [0.2, 0.25) is 0 Å². The fraction of sp³-hybridized carbons (Fsp3) is 0.643. The molecule has 0 aromatic carbocycles. The SMILES string of the molecule is CO[C@H]1C[C@H]2C(=CC[C@H]3C(=O)OC(=O)[C@H]32)CCC1=O. The zero-order chi connectivity index (χ0) is 13.6. The number of cyclic esters (lactones) is 2. The Hall–Kier alpha value is -1.49. The number of carbonyl (C=O) groups is 3. The van der Waals surface area contributed by atoms with Crippen molar-refractivity contribution in [3.63, 3.8) is 0 Å². The monoisotopic (exact) mass is 264 g/mol. The number of methoxy groups -OCH3 is 1. The third kappa shape index (κ3) is 1.92. The molecule has 1 aliphatic heterocycles. The molecule has 4 atom stereocenters. The van der Waals surface area contributed by atoms with Crippen LogP contribution in [0.4, 0.5) is 0 Å². The van der Waals surface area contributed by atoms with E-state index in [9.17, 15) is 14.4 Å². The van der Waals surface area contributed by atoms with E-state index in [0.29, 0.717) is 25.7 Å². The second-order valence-electron chi connectivity index (χ2n) is 5.42. The van der Waals surface area contributed by atoms with Crippen LogP contribution in [0.25, 0.3) is 0 Å². The number of hydrogen-bond donors (Lipinski definition) is 0. The fourth-order valence-corrected chi connectivity index (χ4v) is 3.51. The molecule has 0 aromatic rings. The molecule has 3 rings (SSSR count). The fourth-order valence-electron chi connectivity index (χ4n) is 3.51. The number of fused-ring (bicyclic) bond motifs is 3. The predicted octanol–water partition coefficient (Wildman–Crippen LogP) is 1.02. The van der Waals surface area contributed by atoms with Crippen molar-refractivity contribution in [1.29, 1.82) is 0 Å². The number of ketones is 1. The lowest BCUT2D eigenvalue weighted by molar-refractivity contribution is -0.154. The maximum absolute atomic E-state index is 11.9. The van der Waals surface area contributed by atoms with Gasteiger partial charge in [-0.05, 0) is 25.2 Å². The van der Waals surface area contributed by atoms with E-state index < -0.39 is 24.0 Å². The number of allylic oxidation sites excluding steroid dienone is 2. The molecule has 5 nitrogen and oxygen atoms in total. The summed E-state index contributed by atoms with van der Waals surface area (Å²) in [5.41, 5.74) is 1.11. The van der Waals surface area contributed by atoms with Gasteiger partial charge < -0.3 is 9.47 Å². The van der Waals surface area contributed by atoms with Gasteiger partial charge in [0.15, 0.2) is 5.78 Å². The van der Waals surface area contributed by atoms with Gasteiger partial charge in [0.2, 0.25) is 0 Å². The Balaban J connectivity index is 1.94. The lowest BCUT2D eigenvalue weighted by Gasteiger charge is -2.30. The summed E-state index contributed by atoms with van der Waals surface area (Å²) in [4.78, 5) is 35.4. The van der Waals surface area contributed by atoms with Gasteiger partial charge in [-0.15, -0.1) is 0 Å². The number of hydrogen-bond acceptors (Lipinski definition) is 5. The molecule has 0 spiro atoms. The highest BCUT2D eigenvalue weighted by atomic mass is 16.6. The summed E-state index contributed by atoms with van der Waals surface area (Å²) in [5.74, 6) is -1.66. The molecule has 102 valence electrons. The van der Waals surface area contributed by atoms with Crippen molar-refractivity contribution in [2.75, 3.05) is 7.11 Å². The standard InChI is InChI=1S/C14H16O5/c1-18-11-6-9-7(3-5-10(11)15)2-4-8-12(9)14(17)19-13(8)16/h2,8-9,11-12H,3-6H2,1H3/t8-,9+,11+,12-/m1/s1. The zero-order valence-corrected chi connectivity index (χ0v) is 10.8. The molecule has 0 radical (unpaired) electrons. The molecule has 1 saturated carbocycles. The Morgan fingerprint density at radius 1 is 1.16 bits per heavy atom. The third-order valence-electron chi connectivity index (χ3n) is 4.53. The highest BCUT2D eigenvalue weighted by molar-refractivity contribution is 5.97. The number of carbonyl (C=O) groups excluding carboxylic acids is 3. The summed E-state index contributed by atoms with van der Waals surface area (Å²) in [6.45, 7) is 0. The molecule has 3 aliphatic rings. The summed E-state index contributed by atoms with van der Waals surface area (Å²) < 4.78 is 9.99. The van der Waals surface area contributed by atoms with E-state index in [-0.39, 0.29) is 17.6 Å². The number of rotatable bonds is 1. The van der Waals surface area contributed by atoms with Crippen molar-refractivity contribution in [3.8, 4) is 0 Å². The Kier molecular flexibility index (Phi) is 3.01. The minimum absolute atomic E-state index is 0.0760. The molecule has 0 unspecified atom stereocenters. The lowest BCUT2D eigenvalue weighted by atomic mass is 9.71. The van der Waals surface area contributed by atoms with Gasteiger partial charge in [-0.2, -0.15) is 0 Å². The van der Waals surface area contributed by atoms with Crippen LogP contribution in [0.3, 0.4) is 0 Å². The molecule has 0 aromatic heterocycles. The molecule has 5 heteroatoms. The summed E-state index contributed by atoms with van der Waals surface area (Å²) in [5, 5.41) is 0. The Labute approximate surface area is 110 Å². The molecular formula is C14H16O5. The first-order chi connectivity index (χ1) is 9.11. The molecule has 0 N–H and O–H groups in total. The predicted molar refractivity (Wildman–Crippen MR) is 63.9 cm³/mol. The lowest BCUT2D eigenvalue weighted by Crippen LogP contribution is -2.33. The molecule has 0 bridgehead atoms. The van der Waals surface area contributed by atoms with Crippen LogP contribution in [-0.2, 0) is 23.9 Å². The third-order valence-corrected chi connectivity index (χ3v) is 4.53. The smallest absolute Gasteiger partial charge is 0.318 e. The quantitative estimate of drug-likeness (QED) is 0.402. The van der Waals surface area contributed by atoms with E-state index in [1.807, 2.05) is 6.08 Å². The zero-order valence-electron chi connectivity index (χ0n) is 10.8. The van der Waals surface area contributed by atoms with Crippen LogP contribution >= 0.6 is 0 Å². The van der Waals surface area contributed by atoms with Crippen molar-refractivity contribution in [2.24, 2.45) is 17.8 Å². The van der Waals surface area contributed by atoms with Crippen molar-refractivity contribution in [3.05, 3.63) is 11.6 Å². The van der Waals surface area contributed by atoms with Crippen molar-refractivity contribution in [1.82, 2.24) is 0 Å². The normalized spacial score (nSPS) is 38.2. The average Bonchev–Trinajstić information content (AvgIpc) is 2.58. The Morgan fingerprint density at radius 3 is 2.68 bits per heavy atom. The topological polar surface area (TPSA) is 69.7 Å². The molecule has 19 heavy (non-hydrogen) atoms. The molecule has 2 fully saturated rings. The van der Waals surface area contributed by atoms with Gasteiger partial charge >= 0.3 is 11.9 Å². The van der Waals surface area contributed by atoms with Gasteiger partial charge in [-0.25, -0.2) is 0 Å². The molecule has 1 saturated heterocycles. The van der Waals surface area contributed by atoms with Gasteiger partial charge in [0, 0.05) is 13.5 Å². The van der Waals surface area contributed by atoms with Crippen molar-refractivity contribution in [2.45, 2.75) is 31.8 Å². The Bertz CT molecular complexity index is 478. The number of ether oxygens (including phenoxy) is 2. The minimum atomic E-state index is -0.474. The van der Waals surface area contributed by atoms with E-state index in [1.165, 1.54) is 7.11 Å². The van der Waals surface area contributed by atoms with E-state index >= 15 is 0 Å². The van der Waals surface area contributed by atoms with Crippen LogP contribution in [0.1, 0.15) is 25.7 Å². The number of esters is 2. The van der Waals surface area contributed by atoms with Crippen LogP contribution < -0.4 is 0 Å². The van der Waals surface area contributed by atoms with Gasteiger partial charge in [-0.1, -0.05) is 11.6 Å². The second-order valence-corrected chi connectivity index (χ2v) is 5.42. The Morgan fingerprint density at radius 2 is 1.95 bits per heavy atom. The van der Waals surface area contributed by atoms with Gasteiger partial charge in [0.25, 0.3) is 0 Å². The van der Waals surface area contributed by atoms with Crippen LogP contribution in [0.15, 0.2) is 11.6 Å². The summed E-state index contributed by atoms with van der Waals surface area (Å²) in [7, 11) is 1.51. The largest absolute Gasteiger partial charge is 0.393 e. The average molecular weight is 264 g/mol. The van der Waals surface area contributed by atoms with Crippen LogP contribution in [0, 0.1) is 17.8 Å². The molecule has 0 amide bonds. The van der Waals surface area contributed by atoms with E-state index in [1.54, 1.807) is 0 Å². The first kappa shape index (κ1) is 12.5.